The van der Waals surface area contributed by atoms with E-state index in [0.717, 1.165) is 0 Å². The number of hydrogen-bond donors (Lipinski definition) is 0. The summed E-state index contributed by atoms with van der Waals surface area (Å²) in [5.41, 5.74) is 7.57. The smallest absolute Gasteiger partial charge is 0.00141 e. The molecule has 204 valence electrons. The maximum Gasteiger partial charge on any atom is -0.00141 e. The molecule has 0 aliphatic rings. The molecule has 0 amide bonds. The number of hydrogen-bond acceptors (Lipinski definition) is 0. The van der Waals surface area contributed by atoms with Crippen molar-refractivity contribution in [2.24, 2.45) is 0 Å². The Morgan fingerprint density at radius 3 is 1.55 bits per heavy atom. The molecule has 0 saturated carbocycles. The summed E-state index contributed by atoms with van der Waals surface area (Å²) in [6.45, 7) is 0. The predicted molar refractivity (Wildman–Crippen MR) is 190 cm³/mol. The normalized spacial score (nSPS) is 11.6. The molecule has 9 aromatic rings. The van der Waals surface area contributed by atoms with Crippen LogP contribution in [0, 0.1) is 0 Å². The van der Waals surface area contributed by atoms with Gasteiger partial charge in [0.05, 0.1) is 0 Å². The summed E-state index contributed by atoms with van der Waals surface area (Å²) in [5, 5.41) is 12.8. The van der Waals surface area contributed by atoms with Crippen LogP contribution in [-0.2, 0) is 0 Å². The number of benzene rings is 9. The molecule has 0 N–H and O–H groups in total. The van der Waals surface area contributed by atoms with Crippen molar-refractivity contribution in [1.29, 1.82) is 0 Å². The third-order valence-electron chi connectivity index (χ3n) is 9.23. The lowest BCUT2D eigenvalue weighted by Crippen LogP contribution is -1.93. The van der Waals surface area contributed by atoms with Gasteiger partial charge in [-0.25, -0.2) is 0 Å². The van der Waals surface area contributed by atoms with Crippen molar-refractivity contribution in [3.05, 3.63) is 170 Å². The van der Waals surface area contributed by atoms with Crippen LogP contribution in [0.15, 0.2) is 170 Å². The SMILES string of the molecule is c1ccc2cc(-c3ccc(-c4c5ccccc5c(-c5cccc6ccccc56)c5ccc6ccccc6c45)cc3)ccc2c1. The maximum atomic E-state index is 2.34. The van der Waals surface area contributed by atoms with Gasteiger partial charge in [0.15, 0.2) is 0 Å². The maximum absolute atomic E-state index is 2.34. The second-order valence-electron chi connectivity index (χ2n) is 11.7. The standard InChI is InChI=1S/C44H28/c1-2-13-34-28-35(25-22-29(34)10-1)30-20-23-33(24-21-30)42-39-17-7-8-18-40(39)43(38-19-9-14-31-11-3-5-15-36(31)38)41-27-26-32-12-4-6-16-37(32)44(41)42/h1-28H. The lowest BCUT2D eigenvalue weighted by molar-refractivity contribution is 1.63. The summed E-state index contributed by atoms with van der Waals surface area (Å²) in [6, 6.07) is 62.3. The summed E-state index contributed by atoms with van der Waals surface area (Å²) in [5.74, 6) is 0. The molecule has 0 heteroatoms. The fourth-order valence-corrected chi connectivity index (χ4v) is 7.18. The quantitative estimate of drug-likeness (QED) is 0.150. The fourth-order valence-electron chi connectivity index (χ4n) is 7.18. The van der Waals surface area contributed by atoms with Crippen LogP contribution in [0.5, 0.6) is 0 Å². The molecule has 9 rings (SSSR count). The highest BCUT2D eigenvalue weighted by Gasteiger charge is 2.19. The van der Waals surface area contributed by atoms with Gasteiger partial charge in [0.1, 0.15) is 0 Å². The molecule has 0 saturated heterocycles. The van der Waals surface area contributed by atoms with Crippen LogP contribution >= 0.6 is 0 Å². The van der Waals surface area contributed by atoms with E-state index >= 15 is 0 Å². The molecule has 44 heavy (non-hydrogen) atoms. The highest BCUT2D eigenvalue weighted by atomic mass is 14.2. The van der Waals surface area contributed by atoms with E-state index in [4.69, 9.17) is 0 Å². The van der Waals surface area contributed by atoms with E-state index in [0.29, 0.717) is 0 Å². The molecular weight excluding hydrogens is 528 g/mol. The fraction of sp³-hybridized carbons (Fsp3) is 0. The topological polar surface area (TPSA) is 0 Å². The van der Waals surface area contributed by atoms with Crippen LogP contribution in [0.3, 0.4) is 0 Å². The minimum Gasteiger partial charge on any atom is -0.0616 e. The van der Waals surface area contributed by atoms with Gasteiger partial charge in [0.2, 0.25) is 0 Å². The molecule has 0 unspecified atom stereocenters. The molecule has 0 radical (unpaired) electrons. The molecule has 0 spiro atoms. The van der Waals surface area contributed by atoms with Crippen molar-refractivity contribution in [2.45, 2.75) is 0 Å². The second kappa shape index (κ2) is 9.93. The number of rotatable bonds is 3. The van der Waals surface area contributed by atoms with Crippen LogP contribution in [0.2, 0.25) is 0 Å². The Kier molecular flexibility index (Phi) is 5.61. The van der Waals surface area contributed by atoms with E-state index in [2.05, 4.69) is 170 Å². The molecule has 9 aromatic carbocycles. The zero-order chi connectivity index (χ0) is 29.0. The third-order valence-corrected chi connectivity index (χ3v) is 9.23. The lowest BCUT2D eigenvalue weighted by atomic mass is 9.83. The minimum atomic E-state index is 1.23. The summed E-state index contributed by atoms with van der Waals surface area (Å²) >= 11 is 0. The van der Waals surface area contributed by atoms with E-state index in [1.165, 1.54) is 87.2 Å². The van der Waals surface area contributed by atoms with Crippen molar-refractivity contribution in [3.8, 4) is 33.4 Å². The van der Waals surface area contributed by atoms with Gasteiger partial charge in [-0.1, -0.05) is 164 Å². The van der Waals surface area contributed by atoms with Crippen LogP contribution in [0.1, 0.15) is 0 Å². The van der Waals surface area contributed by atoms with Gasteiger partial charge in [0, 0.05) is 0 Å². The highest BCUT2D eigenvalue weighted by molar-refractivity contribution is 6.29. The van der Waals surface area contributed by atoms with E-state index in [9.17, 15) is 0 Å². The first-order chi connectivity index (χ1) is 21.8. The van der Waals surface area contributed by atoms with Gasteiger partial charge in [0.25, 0.3) is 0 Å². The van der Waals surface area contributed by atoms with Crippen molar-refractivity contribution in [3.63, 3.8) is 0 Å². The lowest BCUT2D eigenvalue weighted by Gasteiger charge is -2.20. The Balaban J connectivity index is 1.35. The van der Waals surface area contributed by atoms with Crippen molar-refractivity contribution in [1.82, 2.24) is 0 Å². The Hall–Kier alpha value is -5.72. The van der Waals surface area contributed by atoms with Gasteiger partial charge in [-0.05, 0) is 93.3 Å². The Morgan fingerprint density at radius 1 is 0.250 bits per heavy atom. The Bertz CT molecular complexity index is 2530. The molecule has 0 atom stereocenters. The van der Waals surface area contributed by atoms with Crippen molar-refractivity contribution >= 4 is 53.9 Å². The highest BCUT2D eigenvalue weighted by Crippen LogP contribution is 2.47. The Morgan fingerprint density at radius 2 is 0.773 bits per heavy atom. The largest absolute Gasteiger partial charge is 0.0616 e. The Labute approximate surface area is 256 Å². The average molecular weight is 557 g/mol. The van der Waals surface area contributed by atoms with Crippen LogP contribution in [-0.4, -0.2) is 0 Å². The zero-order valence-corrected chi connectivity index (χ0v) is 24.2. The average Bonchev–Trinajstić information content (AvgIpc) is 3.10. The van der Waals surface area contributed by atoms with E-state index in [1.54, 1.807) is 0 Å². The number of fused-ring (bicyclic) bond motifs is 6. The molecule has 0 aliphatic carbocycles. The molecular formula is C44H28. The third kappa shape index (κ3) is 3.85. The first kappa shape index (κ1) is 24.8. The molecule has 0 fully saturated rings. The zero-order valence-electron chi connectivity index (χ0n) is 24.2. The van der Waals surface area contributed by atoms with Gasteiger partial charge >= 0.3 is 0 Å². The second-order valence-corrected chi connectivity index (χ2v) is 11.7. The molecule has 0 nitrogen and oxygen atoms in total. The summed E-state index contributed by atoms with van der Waals surface area (Å²) in [4.78, 5) is 0. The van der Waals surface area contributed by atoms with E-state index in [1.807, 2.05) is 0 Å². The minimum absolute atomic E-state index is 1.23. The van der Waals surface area contributed by atoms with Gasteiger partial charge in [-0.3, -0.25) is 0 Å². The molecule has 0 aromatic heterocycles. The van der Waals surface area contributed by atoms with E-state index in [-0.39, 0.29) is 0 Å². The molecule has 0 bridgehead atoms. The summed E-state index contributed by atoms with van der Waals surface area (Å²) in [7, 11) is 0. The van der Waals surface area contributed by atoms with Gasteiger partial charge < -0.3 is 0 Å². The van der Waals surface area contributed by atoms with Crippen LogP contribution in [0.25, 0.3) is 87.2 Å². The van der Waals surface area contributed by atoms with Crippen LogP contribution in [0.4, 0.5) is 0 Å². The molecule has 0 aliphatic heterocycles. The van der Waals surface area contributed by atoms with Crippen molar-refractivity contribution in [2.75, 3.05) is 0 Å². The first-order valence-electron chi connectivity index (χ1n) is 15.3. The monoisotopic (exact) mass is 556 g/mol. The van der Waals surface area contributed by atoms with Crippen molar-refractivity contribution < 1.29 is 0 Å². The molecule has 0 heterocycles. The first-order valence-corrected chi connectivity index (χ1v) is 15.3. The summed E-state index contributed by atoms with van der Waals surface area (Å²) in [6.07, 6.45) is 0. The van der Waals surface area contributed by atoms with Crippen LogP contribution < -0.4 is 0 Å². The van der Waals surface area contributed by atoms with E-state index < -0.39 is 0 Å². The van der Waals surface area contributed by atoms with Gasteiger partial charge in [-0.2, -0.15) is 0 Å². The van der Waals surface area contributed by atoms with Gasteiger partial charge in [-0.15, -0.1) is 0 Å². The summed E-state index contributed by atoms with van der Waals surface area (Å²) < 4.78 is 0. The predicted octanol–water partition coefficient (Wildman–Crippen LogP) is 12.5.